The summed E-state index contributed by atoms with van der Waals surface area (Å²) in [6.07, 6.45) is -0.690. The summed E-state index contributed by atoms with van der Waals surface area (Å²) in [4.78, 5) is 3.18. The Morgan fingerprint density at radius 1 is 1.71 bits per heavy atom. The molecule has 0 aliphatic carbocycles. The van der Waals surface area contributed by atoms with Crippen molar-refractivity contribution in [3.63, 3.8) is 0 Å². The van der Waals surface area contributed by atoms with Crippen LogP contribution in [0.15, 0.2) is 0 Å². The molecule has 7 heavy (non-hydrogen) atoms. The molecule has 0 aromatic carbocycles. The molecule has 1 aromatic heterocycles. The first-order valence-corrected chi connectivity index (χ1v) is 3.44. The van der Waals surface area contributed by atoms with Crippen LogP contribution >= 0.6 is 11.6 Å². The molecule has 0 spiro atoms. The van der Waals surface area contributed by atoms with Crippen molar-refractivity contribution in [3.8, 4) is 0 Å². The van der Waals surface area contributed by atoms with E-state index in [1.807, 2.05) is 0 Å². The van der Waals surface area contributed by atoms with Crippen LogP contribution in [0.1, 0.15) is 0 Å². The molecule has 0 bridgehead atoms. The zero-order chi connectivity index (χ0) is 5.28. The maximum atomic E-state index is 11.7. The van der Waals surface area contributed by atoms with Gasteiger partial charge in [0.05, 0.1) is 0 Å². The molecule has 0 radical (unpaired) electrons. The molecule has 1 heterocycles. The Kier molecular flexibility index (Phi) is 1.42. The number of nitrogens with zero attached hydrogens (tertiary/aromatic N) is 2. The molecule has 2 nitrogen and oxygen atoms in total. The van der Waals surface area contributed by atoms with Crippen molar-refractivity contribution in [2.24, 2.45) is 0 Å². The number of rotatable bonds is 0. The van der Waals surface area contributed by atoms with E-state index < -0.39 is 6.08 Å². The topological polar surface area (TPSA) is 25.8 Å². The normalized spacial score (nSPS) is 9.43. The Morgan fingerprint density at radius 3 is 2.57 bits per heavy atom. The van der Waals surface area contributed by atoms with Gasteiger partial charge in [-0.05, 0) is 0 Å². The third kappa shape index (κ3) is 1.23. The van der Waals surface area contributed by atoms with E-state index in [4.69, 9.17) is 11.6 Å². The number of hydrogen-bond acceptors (Lipinski definition) is 2. The van der Waals surface area contributed by atoms with Gasteiger partial charge in [0.15, 0.2) is 0 Å². The Labute approximate surface area is 50.3 Å². The summed E-state index contributed by atoms with van der Waals surface area (Å²) in [5.41, 5.74) is 0. The first kappa shape index (κ1) is 5.22. The second-order valence-corrected chi connectivity index (χ2v) is 3.26. The van der Waals surface area contributed by atoms with E-state index in [-0.39, 0.29) is 18.8 Å². The molecular formula is C2ClFN2Se. The summed E-state index contributed by atoms with van der Waals surface area (Å²) in [5, 5.41) is 0. The second kappa shape index (κ2) is 1.90. The summed E-state index contributed by atoms with van der Waals surface area (Å²) in [7, 11) is 0. The molecular weight excluding hydrogens is 185 g/mol. The minimum atomic E-state index is -0.690. The number of aromatic nitrogens is 2. The van der Waals surface area contributed by atoms with Crippen molar-refractivity contribution in [2.75, 3.05) is 0 Å². The maximum absolute atomic E-state index is 11.7. The first-order chi connectivity index (χ1) is 3.29. The van der Waals surface area contributed by atoms with Crippen molar-refractivity contribution in [2.45, 2.75) is 0 Å². The predicted octanol–water partition coefficient (Wildman–Crippen LogP) is 0.326. The molecule has 1 aromatic rings. The van der Waals surface area contributed by atoms with Gasteiger partial charge in [0.1, 0.15) is 0 Å². The Morgan fingerprint density at radius 2 is 2.43 bits per heavy atom. The zero-order valence-corrected chi connectivity index (χ0v) is 5.53. The molecule has 0 fully saturated rings. The molecule has 0 aliphatic heterocycles. The molecule has 38 valence electrons. The molecule has 0 unspecified atom stereocenters. The quantitative estimate of drug-likeness (QED) is 0.544. The Balaban J connectivity index is 3.04. The summed E-state index contributed by atoms with van der Waals surface area (Å²) in [5.74, 6) is 0. The molecule has 0 atom stereocenters. The van der Waals surface area contributed by atoms with E-state index in [2.05, 4.69) is 8.96 Å². The van der Waals surface area contributed by atoms with Crippen molar-refractivity contribution in [1.82, 2.24) is 8.96 Å². The summed E-state index contributed by atoms with van der Waals surface area (Å²) in [6.45, 7) is 0. The van der Waals surface area contributed by atoms with Gasteiger partial charge < -0.3 is 0 Å². The number of hydrogen-bond donors (Lipinski definition) is 0. The first-order valence-electron chi connectivity index (χ1n) is 1.44. The van der Waals surface area contributed by atoms with Gasteiger partial charge in [0.2, 0.25) is 0 Å². The van der Waals surface area contributed by atoms with Crippen molar-refractivity contribution in [3.05, 3.63) is 10.1 Å². The van der Waals surface area contributed by atoms with Crippen LogP contribution in [-0.2, 0) is 0 Å². The average Bonchev–Trinajstić information content (AvgIpc) is 1.87. The predicted molar refractivity (Wildman–Crippen MR) is 23.9 cm³/mol. The van der Waals surface area contributed by atoms with E-state index in [0.717, 1.165) is 0 Å². The van der Waals surface area contributed by atoms with Crippen LogP contribution in [0.2, 0.25) is 4.03 Å². The summed E-state index contributed by atoms with van der Waals surface area (Å²) < 4.78 is 15.2. The van der Waals surface area contributed by atoms with Crippen molar-refractivity contribution in [1.29, 1.82) is 0 Å². The van der Waals surface area contributed by atoms with E-state index in [9.17, 15) is 4.39 Å². The Hall–Kier alpha value is 0.0795. The fraction of sp³-hybridized carbons (Fsp3) is 0. The average molecular weight is 185 g/mol. The van der Waals surface area contributed by atoms with Gasteiger partial charge in [-0.3, -0.25) is 0 Å². The third-order valence-corrected chi connectivity index (χ3v) is 1.83. The van der Waals surface area contributed by atoms with Gasteiger partial charge >= 0.3 is 49.8 Å². The van der Waals surface area contributed by atoms with Gasteiger partial charge in [-0.2, -0.15) is 0 Å². The van der Waals surface area contributed by atoms with Crippen LogP contribution < -0.4 is 0 Å². The second-order valence-electron chi connectivity index (χ2n) is 0.816. The van der Waals surface area contributed by atoms with Gasteiger partial charge in [-0.15, -0.1) is 0 Å². The van der Waals surface area contributed by atoms with Gasteiger partial charge in [0.25, 0.3) is 0 Å². The van der Waals surface area contributed by atoms with Crippen LogP contribution in [0, 0.1) is 6.08 Å². The molecule has 0 saturated carbocycles. The van der Waals surface area contributed by atoms with E-state index in [0.29, 0.717) is 0 Å². The van der Waals surface area contributed by atoms with Crippen LogP contribution in [0.3, 0.4) is 0 Å². The minimum absolute atomic E-state index is 0.272. The van der Waals surface area contributed by atoms with E-state index >= 15 is 0 Å². The summed E-state index contributed by atoms with van der Waals surface area (Å²) in [6, 6.07) is 0. The Bertz CT molecular complexity index is 148. The molecule has 0 N–H and O–H groups in total. The summed E-state index contributed by atoms with van der Waals surface area (Å²) >= 11 is 4.96. The third-order valence-electron chi connectivity index (χ3n) is 0.376. The van der Waals surface area contributed by atoms with Gasteiger partial charge in [-0.1, -0.05) is 0 Å². The van der Waals surface area contributed by atoms with Crippen LogP contribution in [0.25, 0.3) is 0 Å². The molecule has 1 rings (SSSR count). The van der Waals surface area contributed by atoms with Crippen LogP contribution in [0.5, 0.6) is 0 Å². The van der Waals surface area contributed by atoms with E-state index in [1.165, 1.54) is 0 Å². The SMILES string of the molecule is Fc1n[se]c(Cl)n1. The van der Waals surface area contributed by atoms with Crippen LogP contribution in [0.4, 0.5) is 4.39 Å². The monoisotopic (exact) mass is 186 g/mol. The van der Waals surface area contributed by atoms with Gasteiger partial charge in [0, 0.05) is 0 Å². The zero-order valence-electron chi connectivity index (χ0n) is 3.06. The standard InChI is InChI=1S/C2ClFN2Se/c3-1-5-2(4)6-7-1. The fourth-order valence-corrected chi connectivity index (χ4v) is 1.08. The van der Waals surface area contributed by atoms with Gasteiger partial charge in [-0.25, -0.2) is 0 Å². The van der Waals surface area contributed by atoms with Crippen molar-refractivity contribution >= 4 is 26.3 Å². The number of halogens is 2. The van der Waals surface area contributed by atoms with Crippen LogP contribution in [-0.4, -0.2) is 23.7 Å². The fourth-order valence-electron chi connectivity index (χ4n) is 0.189. The van der Waals surface area contributed by atoms with E-state index in [1.54, 1.807) is 0 Å². The molecule has 5 heteroatoms. The molecule has 0 aliphatic rings. The molecule has 0 amide bonds. The molecule has 0 saturated heterocycles. The van der Waals surface area contributed by atoms with Crippen molar-refractivity contribution < 1.29 is 4.39 Å².